The van der Waals surface area contributed by atoms with Gasteiger partial charge in [-0.15, -0.1) is 11.8 Å². The van der Waals surface area contributed by atoms with Crippen LogP contribution < -0.4 is 5.73 Å². The Balaban J connectivity index is 2.32. The molecule has 6 heteroatoms. The van der Waals surface area contributed by atoms with Crippen LogP contribution in [0, 0.1) is 6.92 Å². The fourth-order valence-electron chi connectivity index (χ4n) is 1.38. The number of carbonyl (C=O) groups is 1. The Labute approximate surface area is 106 Å². The second-order valence-corrected chi connectivity index (χ2v) is 4.86. The maximum atomic E-state index is 11.3. The zero-order valence-electron chi connectivity index (χ0n) is 10.5. The summed E-state index contributed by atoms with van der Waals surface area (Å²) in [5.41, 5.74) is 6.69. The van der Waals surface area contributed by atoms with Gasteiger partial charge in [-0.05, 0) is 26.3 Å². The molecule has 0 saturated heterocycles. The number of aromatic nitrogens is 2. The van der Waals surface area contributed by atoms with Crippen molar-refractivity contribution in [3.63, 3.8) is 0 Å². The molecule has 0 radical (unpaired) electrons. The SMILES string of the molecule is CCOC(=O)C(N)CCSc1cc(C)nn1C. The molecule has 2 N–H and O–H groups in total. The Morgan fingerprint density at radius 3 is 2.94 bits per heavy atom. The third-order valence-electron chi connectivity index (χ3n) is 2.23. The number of esters is 1. The quantitative estimate of drug-likeness (QED) is 0.610. The molecule has 5 nitrogen and oxygen atoms in total. The lowest BCUT2D eigenvalue weighted by Gasteiger charge is -2.09. The van der Waals surface area contributed by atoms with Crippen LogP contribution in [0.25, 0.3) is 0 Å². The van der Waals surface area contributed by atoms with Crippen molar-refractivity contribution in [3.05, 3.63) is 11.8 Å². The molecule has 1 aromatic rings. The van der Waals surface area contributed by atoms with Gasteiger partial charge in [-0.1, -0.05) is 0 Å². The van der Waals surface area contributed by atoms with Gasteiger partial charge in [0.15, 0.2) is 0 Å². The normalized spacial score (nSPS) is 12.5. The van der Waals surface area contributed by atoms with Crippen LogP contribution in [0.1, 0.15) is 19.0 Å². The minimum atomic E-state index is -0.531. The Morgan fingerprint density at radius 2 is 2.41 bits per heavy atom. The van der Waals surface area contributed by atoms with E-state index in [1.807, 2.05) is 24.7 Å². The van der Waals surface area contributed by atoms with E-state index < -0.39 is 6.04 Å². The van der Waals surface area contributed by atoms with Gasteiger partial charge in [0.05, 0.1) is 17.3 Å². The van der Waals surface area contributed by atoms with Gasteiger partial charge in [-0.3, -0.25) is 9.48 Å². The van der Waals surface area contributed by atoms with Crippen LogP contribution in [-0.2, 0) is 16.6 Å². The summed E-state index contributed by atoms with van der Waals surface area (Å²) in [5.74, 6) is 0.452. The number of aryl methyl sites for hydroxylation is 2. The third-order valence-corrected chi connectivity index (χ3v) is 3.34. The highest BCUT2D eigenvalue weighted by Crippen LogP contribution is 2.19. The van der Waals surface area contributed by atoms with E-state index in [2.05, 4.69) is 5.10 Å². The molecule has 0 bridgehead atoms. The fourth-order valence-corrected chi connectivity index (χ4v) is 2.44. The van der Waals surface area contributed by atoms with Gasteiger partial charge in [0, 0.05) is 12.8 Å². The van der Waals surface area contributed by atoms with Gasteiger partial charge in [-0.2, -0.15) is 5.10 Å². The number of hydrogen-bond donors (Lipinski definition) is 1. The first-order valence-corrected chi connectivity index (χ1v) is 6.58. The Morgan fingerprint density at radius 1 is 1.71 bits per heavy atom. The third kappa shape index (κ3) is 4.40. The molecule has 1 heterocycles. The molecule has 0 aromatic carbocycles. The van der Waals surface area contributed by atoms with Crippen LogP contribution in [-0.4, -0.2) is 34.2 Å². The van der Waals surface area contributed by atoms with Crippen LogP contribution in [0.15, 0.2) is 11.1 Å². The van der Waals surface area contributed by atoms with Crippen molar-refractivity contribution >= 4 is 17.7 Å². The maximum absolute atomic E-state index is 11.3. The summed E-state index contributed by atoms with van der Waals surface area (Å²) in [7, 11) is 1.90. The zero-order valence-corrected chi connectivity index (χ0v) is 11.3. The van der Waals surface area contributed by atoms with E-state index in [9.17, 15) is 4.79 Å². The molecule has 0 fully saturated rings. The number of ether oxygens (including phenoxy) is 1. The lowest BCUT2D eigenvalue weighted by Crippen LogP contribution is -2.32. The largest absolute Gasteiger partial charge is 0.465 e. The Kier molecular flexibility index (Phi) is 5.50. The van der Waals surface area contributed by atoms with E-state index in [0.29, 0.717) is 13.0 Å². The standard InChI is InChI=1S/C11H19N3O2S/c1-4-16-11(15)9(12)5-6-17-10-7-8(2)13-14(10)3/h7,9H,4-6,12H2,1-3H3. The van der Waals surface area contributed by atoms with E-state index in [4.69, 9.17) is 10.5 Å². The van der Waals surface area contributed by atoms with Crippen LogP contribution >= 0.6 is 11.8 Å². The first kappa shape index (κ1) is 14.1. The number of carbonyl (C=O) groups excluding carboxylic acids is 1. The molecule has 0 saturated carbocycles. The van der Waals surface area contributed by atoms with Crippen LogP contribution in [0.4, 0.5) is 0 Å². The molecular weight excluding hydrogens is 238 g/mol. The topological polar surface area (TPSA) is 70.1 Å². The summed E-state index contributed by atoms with van der Waals surface area (Å²) in [6.07, 6.45) is 0.605. The molecule has 0 amide bonds. The highest BCUT2D eigenvalue weighted by atomic mass is 32.2. The maximum Gasteiger partial charge on any atom is 0.322 e. The van der Waals surface area contributed by atoms with Gasteiger partial charge < -0.3 is 10.5 Å². The van der Waals surface area contributed by atoms with Crippen LogP contribution in [0.5, 0.6) is 0 Å². The van der Waals surface area contributed by atoms with Crippen molar-refractivity contribution in [2.45, 2.75) is 31.3 Å². The molecular formula is C11H19N3O2S. The number of nitrogens with zero attached hydrogens (tertiary/aromatic N) is 2. The first-order chi connectivity index (χ1) is 8.04. The minimum Gasteiger partial charge on any atom is -0.465 e. The summed E-state index contributed by atoms with van der Waals surface area (Å²) in [5, 5.41) is 5.33. The Hall–Kier alpha value is -1.01. The summed E-state index contributed by atoms with van der Waals surface area (Å²) >= 11 is 1.64. The van der Waals surface area contributed by atoms with E-state index in [1.54, 1.807) is 18.7 Å². The van der Waals surface area contributed by atoms with Crippen LogP contribution in [0.2, 0.25) is 0 Å². The molecule has 1 aromatic heterocycles. The minimum absolute atomic E-state index is 0.325. The molecule has 1 atom stereocenters. The van der Waals surface area contributed by atoms with Crippen molar-refractivity contribution < 1.29 is 9.53 Å². The second kappa shape index (κ2) is 6.66. The molecule has 96 valence electrons. The van der Waals surface area contributed by atoms with Crippen LogP contribution in [0.3, 0.4) is 0 Å². The molecule has 1 rings (SSSR count). The van der Waals surface area contributed by atoms with Gasteiger partial charge in [0.25, 0.3) is 0 Å². The summed E-state index contributed by atoms with van der Waals surface area (Å²) in [6.45, 7) is 4.10. The Bertz CT molecular complexity index is 379. The van der Waals surface area contributed by atoms with Crippen molar-refractivity contribution in [1.29, 1.82) is 0 Å². The van der Waals surface area contributed by atoms with Crippen molar-refractivity contribution in [2.24, 2.45) is 12.8 Å². The predicted octanol–water partition coefficient (Wildman–Crippen LogP) is 1.10. The average molecular weight is 257 g/mol. The predicted molar refractivity (Wildman–Crippen MR) is 67.9 cm³/mol. The highest BCUT2D eigenvalue weighted by molar-refractivity contribution is 7.99. The molecule has 0 aliphatic carbocycles. The summed E-state index contributed by atoms with van der Waals surface area (Å²) in [6, 6.07) is 1.48. The molecule has 1 unspecified atom stereocenters. The monoisotopic (exact) mass is 257 g/mol. The first-order valence-electron chi connectivity index (χ1n) is 5.60. The summed E-state index contributed by atoms with van der Waals surface area (Å²) in [4.78, 5) is 11.3. The smallest absolute Gasteiger partial charge is 0.322 e. The number of nitrogens with two attached hydrogens (primary N) is 1. The second-order valence-electron chi connectivity index (χ2n) is 3.74. The molecule has 0 spiro atoms. The van der Waals surface area contributed by atoms with E-state index in [1.165, 1.54) is 0 Å². The summed E-state index contributed by atoms with van der Waals surface area (Å²) < 4.78 is 6.67. The highest BCUT2D eigenvalue weighted by Gasteiger charge is 2.14. The van der Waals surface area contributed by atoms with Gasteiger partial charge in [-0.25, -0.2) is 0 Å². The van der Waals surface area contributed by atoms with E-state index in [0.717, 1.165) is 16.5 Å². The van der Waals surface area contributed by atoms with Crippen molar-refractivity contribution in [3.8, 4) is 0 Å². The van der Waals surface area contributed by atoms with Gasteiger partial charge in [0.2, 0.25) is 0 Å². The van der Waals surface area contributed by atoms with Crippen molar-refractivity contribution in [1.82, 2.24) is 9.78 Å². The number of rotatable bonds is 6. The molecule has 0 aliphatic rings. The molecule has 17 heavy (non-hydrogen) atoms. The van der Waals surface area contributed by atoms with Gasteiger partial charge >= 0.3 is 5.97 Å². The lowest BCUT2D eigenvalue weighted by molar-refractivity contribution is -0.144. The zero-order chi connectivity index (χ0) is 12.8. The van der Waals surface area contributed by atoms with Crippen molar-refractivity contribution in [2.75, 3.05) is 12.4 Å². The lowest BCUT2D eigenvalue weighted by atomic mass is 10.2. The number of thioether (sulfide) groups is 1. The fraction of sp³-hybridized carbons (Fsp3) is 0.636. The van der Waals surface area contributed by atoms with Gasteiger partial charge in [0.1, 0.15) is 6.04 Å². The number of hydrogen-bond acceptors (Lipinski definition) is 5. The molecule has 0 aliphatic heterocycles. The van der Waals surface area contributed by atoms with E-state index in [-0.39, 0.29) is 5.97 Å². The average Bonchev–Trinajstić information content (AvgIpc) is 2.57. The van der Waals surface area contributed by atoms with E-state index >= 15 is 0 Å².